The summed E-state index contributed by atoms with van der Waals surface area (Å²) >= 11 is 0. The summed E-state index contributed by atoms with van der Waals surface area (Å²) in [5.74, 6) is 1.46. The number of ether oxygens (including phenoxy) is 3. The normalized spacial score (nSPS) is 19.0. The van der Waals surface area contributed by atoms with Crippen molar-refractivity contribution in [1.29, 1.82) is 0 Å². The summed E-state index contributed by atoms with van der Waals surface area (Å²) in [5, 5.41) is 3.56. The molecule has 12 heteroatoms. The first kappa shape index (κ1) is 33.0. The maximum atomic E-state index is 14.3. The second-order valence-electron chi connectivity index (χ2n) is 12.7. The second kappa shape index (κ2) is 15.4. The fraction of sp³-hybridized carbons (Fsp3) is 0.543. The first-order valence-corrected chi connectivity index (χ1v) is 16.9. The van der Waals surface area contributed by atoms with E-state index in [-0.39, 0.29) is 29.4 Å². The molecular weight excluding hydrogens is 601 g/mol. The number of halogens is 1. The van der Waals surface area contributed by atoms with E-state index in [1.165, 1.54) is 30.1 Å². The molecule has 0 saturated carbocycles. The summed E-state index contributed by atoms with van der Waals surface area (Å²) in [6.07, 6.45) is 8.59. The van der Waals surface area contributed by atoms with Crippen LogP contribution in [0.15, 0.2) is 43.0 Å². The quantitative estimate of drug-likeness (QED) is 0.321. The molecule has 3 aliphatic rings. The molecule has 1 amide bonds. The standard InChI is InChI=1S/C35H46FN7O4/c1-4-43(24(2)3)35(44)28-19-25(36)5-6-31(28)47-33-20-37-23-40-34(33)42-16-9-27(10-17-42)46-32-7-12-39-30-11-15-41(21-29(30)32)14-8-26-22-45-18-13-38-26/h5-7,12,19-20,23-24,26-27,38H,4,8-11,13-18,21-22H2,1-3H3/t26-/m0/s1. The van der Waals surface area contributed by atoms with Crippen molar-refractivity contribution in [2.24, 2.45) is 0 Å². The highest BCUT2D eigenvalue weighted by molar-refractivity contribution is 5.97. The number of hydrogen-bond acceptors (Lipinski definition) is 10. The van der Waals surface area contributed by atoms with Crippen LogP contribution in [0.5, 0.6) is 17.2 Å². The number of nitrogens with one attached hydrogen (secondary N) is 1. The van der Waals surface area contributed by atoms with Crippen LogP contribution < -0.4 is 19.7 Å². The van der Waals surface area contributed by atoms with E-state index in [4.69, 9.17) is 14.2 Å². The Kier molecular flexibility index (Phi) is 10.8. The zero-order valence-corrected chi connectivity index (χ0v) is 27.7. The average molecular weight is 648 g/mol. The molecule has 2 saturated heterocycles. The van der Waals surface area contributed by atoms with Gasteiger partial charge < -0.3 is 29.3 Å². The molecule has 5 heterocycles. The molecule has 0 bridgehead atoms. The van der Waals surface area contributed by atoms with Crippen LogP contribution >= 0.6 is 0 Å². The first-order valence-electron chi connectivity index (χ1n) is 16.9. The molecule has 1 aromatic carbocycles. The summed E-state index contributed by atoms with van der Waals surface area (Å²) in [6.45, 7) is 13.0. The van der Waals surface area contributed by atoms with Crippen LogP contribution in [0.25, 0.3) is 0 Å². The summed E-state index contributed by atoms with van der Waals surface area (Å²) in [5.41, 5.74) is 2.50. The fourth-order valence-corrected chi connectivity index (χ4v) is 6.67. The number of aromatic nitrogens is 3. The Morgan fingerprint density at radius 1 is 1.15 bits per heavy atom. The maximum absolute atomic E-state index is 14.3. The van der Waals surface area contributed by atoms with Crippen molar-refractivity contribution in [2.75, 3.05) is 57.4 Å². The van der Waals surface area contributed by atoms with Gasteiger partial charge in [0.15, 0.2) is 11.6 Å². The lowest BCUT2D eigenvalue weighted by molar-refractivity contribution is 0.0690. The van der Waals surface area contributed by atoms with Crippen molar-refractivity contribution in [3.05, 3.63) is 65.6 Å². The Labute approximate surface area is 276 Å². The summed E-state index contributed by atoms with van der Waals surface area (Å²) in [4.78, 5) is 33.1. The lowest BCUT2D eigenvalue weighted by Gasteiger charge is -2.35. The van der Waals surface area contributed by atoms with Gasteiger partial charge in [0.1, 0.15) is 29.7 Å². The van der Waals surface area contributed by atoms with E-state index in [9.17, 15) is 9.18 Å². The van der Waals surface area contributed by atoms with Gasteiger partial charge in [0, 0.05) is 94.6 Å². The molecule has 0 spiro atoms. The maximum Gasteiger partial charge on any atom is 0.257 e. The number of pyridine rings is 1. The van der Waals surface area contributed by atoms with Crippen LogP contribution in [0.4, 0.5) is 10.2 Å². The highest BCUT2D eigenvalue weighted by Gasteiger charge is 2.28. The molecule has 2 aromatic heterocycles. The number of morpholine rings is 1. The van der Waals surface area contributed by atoms with Crippen LogP contribution in [0.1, 0.15) is 61.6 Å². The fourth-order valence-electron chi connectivity index (χ4n) is 6.67. The topological polar surface area (TPSA) is 105 Å². The van der Waals surface area contributed by atoms with E-state index in [1.54, 1.807) is 11.1 Å². The SMILES string of the molecule is CCN(C(=O)c1cc(F)ccc1Oc1cncnc1N1CCC(Oc2ccnc3c2CN(CC[C@H]2COCCN2)CC3)CC1)C(C)C. The smallest absolute Gasteiger partial charge is 0.257 e. The zero-order chi connectivity index (χ0) is 32.8. The van der Waals surface area contributed by atoms with E-state index in [0.29, 0.717) is 37.2 Å². The lowest BCUT2D eigenvalue weighted by Crippen LogP contribution is -2.44. The molecule has 0 aliphatic carbocycles. The number of hydrogen-bond donors (Lipinski definition) is 1. The van der Waals surface area contributed by atoms with Gasteiger partial charge in [-0.1, -0.05) is 0 Å². The minimum absolute atomic E-state index is 0.0429. The van der Waals surface area contributed by atoms with E-state index >= 15 is 0 Å². The van der Waals surface area contributed by atoms with Crippen LogP contribution in [-0.4, -0.2) is 101 Å². The number of amides is 1. The van der Waals surface area contributed by atoms with Gasteiger partial charge >= 0.3 is 0 Å². The number of fused-ring (bicyclic) bond motifs is 1. The summed E-state index contributed by atoms with van der Waals surface area (Å²) < 4.78 is 32.9. The molecule has 3 aromatic rings. The van der Waals surface area contributed by atoms with Crippen molar-refractivity contribution >= 4 is 11.7 Å². The molecule has 47 heavy (non-hydrogen) atoms. The molecule has 0 radical (unpaired) electrons. The third kappa shape index (κ3) is 7.99. The van der Waals surface area contributed by atoms with Crippen LogP contribution in [0, 0.1) is 5.82 Å². The zero-order valence-electron chi connectivity index (χ0n) is 27.7. The van der Waals surface area contributed by atoms with Gasteiger partial charge in [0.2, 0.25) is 0 Å². The van der Waals surface area contributed by atoms with Crippen molar-refractivity contribution < 1.29 is 23.4 Å². The Morgan fingerprint density at radius 3 is 2.77 bits per heavy atom. The molecule has 1 N–H and O–H groups in total. The Bertz CT molecular complexity index is 1510. The van der Waals surface area contributed by atoms with E-state index in [1.807, 2.05) is 33.0 Å². The Morgan fingerprint density at radius 2 is 2.00 bits per heavy atom. The number of piperidine rings is 1. The van der Waals surface area contributed by atoms with Gasteiger partial charge in [-0.2, -0.15) is 0 Å². The van der Waals surface area contributed by atoms with E-state index in [2.05, 4.69) is 30.1 Å². The van der Waals surface area contributed by atoms with Gasteiger partial charge in [-0.05, 0) is 51.5 Å². The van der Waals surface area contributed by atoms with Crippen LogP contribution in [0.3, 0.4) is 0 Å². The number of benzene rings is 1. The molecule has 2 fully saturated rings. The lowest BCUT2D eigenvalue weighted by atomic mass is 10.0. The van der Waals surface area contributed by atoms with Gasteiger partial charge in [0.25, 0.3) is 5.91 Å². The van der Waals surface area contributed by atoms with Gasteiger partial charge in [0.05, 0.1) is 25.0 Å². The van der Waals surface area contributed by atoms with Gasteiger partial charge in [-0.25, -0.2) is 14.4 Å². The minimum atomic E-state index is -0.498. The highest BCUT2D eigenvalue weighted by Crippen LogP contribution is 2.35. The first-order chi connectivity index (χ1) is 22.9. The van der Waals surface area contributed by atoms with Crippen molar-refractivity contribution in [2.45, 2.75) is 71.2 Å². The van der Waals surface area contributed by atoms with E-state index in [0.717, 1.165) is 76.5 Å². The van der Waals surface area contributed by atoms with Crippen molar-refractivity contribution in [3.8, 4) is 17.2 Å². The monoisotopic (exact) mass is 647 g/mol. The Hall–Kier alpha value is -3.87. The molecule has 11 nitrogen and oxygen atoms in total. The molecule has 1 atom stereocenters. The van der Waals surface area contributed by atoms with Crippen molar-refractivity contribution in [3.63, 3.8) is 0 Å². The molecule has 0 unspecified atom stereocenters. The van der Waals surface area contributed by atoms with Crippen LogP contribution in [-0.2, 0) is 17.7 Å². The van der Waals surface area contributed by atoms with Gasteiger partial charge in [-0.3, -0.25) is 14.7 Å². The number of anilines is 1. The highest BCUT2D eigenvalue weighted by atomic mass is 19.1. The number of rotatable bonds is 11. The molecular formula is C35H46FN7O4. The molecule has 3 aliphatic heterocycles. The molecule has 6 rings (SSSR count). The van der Waals surface area contributed by atoms with Crippen molar-refractivity contribution in [1.82, 2.24) is 30.1 Å². The minimum Gasteiger partial charge on any atom is -0.490 e. The summed E-state index contributed by atoms with van der Waals surface area (Å²) in [7, 11) is 0. The summed E-state index contributed by atoms with van der Waals surface area (Å²) in [6, 6.07) is 6.39. The number of nitrogens with zero attached hydrogens (tertiary/aromatic N) is 6. The number of carbonyl (C=O) groups excluding carboxylic acids is 1. The number of carbonyl (C=O) groups is 1. The largest absolute Gasteiger partial charge is 0.490 e. The van der Waals surface area contributed by atoms with Gasteiger partial charge in [-0.15, -0.1) is 0 Å². The van der Waals surface area contributed by atoms with Crippen LogP contribution in [0.2, 0.25) is 0 Å². The third-order valence-corrected chi connectivity index (χ3v) is 9.25. The average Bonchev–Trinajstić information content (AvgIpc) is 3.09. The third-order valence-electron chi connectivity index (χ3n) is 9.25. The van der Waals surface area contributed by atoms with E-state index < -0.39 is 5.82 Å². The Balaban J connectivity index is 1.09. The molecule has 252 valence electrons. The second-order valence-corrected chi connectivity index (χ2v) is 12.7. The predicted octanol–water partition coefficient (Wildman–Crippen LogP) is 4.46. The predicted molar refractivity (Wildman–Crippen MR) is 177 cm³/mol.